The van der Waals surface area contributed by atoms with Crippen LogP contribution in [0.1, 0.15) is 101 Å². The lowest BCUT2D eigenvalue weighted by atomic mass is 9.75. The molecule has 0 bridgehead atoms. The minimum atomic E-state index is -0.754. The number of esters is 3. The van der Waals surface area contributed by atoms with Crippen molar-refractivity contribution in [3.63, 3.8) is 0 Å². The molecule has 1 fully saturated rings. The molecule has 3 amide bonds. The first kappa shape index (κ1) is 42.2. The Morgan fingerprint density at radius 2 is 0.688 bits per heavy atom. The van der Waals surface area contributed by atoms with Crippen LogP contribution in [0.4, 0.5) is 14.4 Å². The fourth-order valence-electron chi connectivity index (χ4n) is 4.50. The molecule has 15 heteroatoms. The molecular formula is C33H57N3O12. The summed E-state index contributed by atoms with van der Waals surface area (Å²) >= 11 is 0. The number of amides is 3. The van der Waals surface area contributed by atoms with E-state index >= 15 is 0 Å². The quantitative estimate of drug-likeness (QED) is 0.125. The Morgan fingerprint density at radius 3 is 0.896 bits per heavy atom. The lowest BCUT2D eigenvalue weighted by Gasteiger charge is -2.31. The van der Waals surface area contributed by atoms with Gasteiger partial charge in [-0.25, -0.2) is 14.4 Å². The van der Waals surface area contributed by atoms with Gasteiger partial charge in [0.15, 0.2) is 0 Å². The molecule has 0 aliphatic heterocycles. The van der Waals surface area contributed by atoms with Crippen LogP contribution in [0, 0.1) is 17.8 Å². The molecule has 0 aromatic rings. The van der Waals surface area contributed by atoms with Crippen molar-refractivity contribution in [1.82, 2.24) is 16.0 Å². The van der Waals surface area contributed by atoms with Crippen molar-refractivity contribution in [2.75, 3.05) is 39.5 Å². The predicted octanol–water partition coefficient (Wildman–Crippen LogP) is 4.39. The van der Waals surface area contributed by atoms with Crippen LogP contribution in [-0.2, 0) is 42.8 Å². The second kappa shape index (κ2) is 19.9. The van der Waals surface area contributed by atoms with E-state index in [9.17, 15) is 28.8 Å². The Bertz CT molecular complexity index is 936. The van der Waals surface area contributed by atoms with Gasteiger partial charge in [0.2, 0.25) is 0 Å². The van der Waals surface area contributed by atoms with Gasteiger partial charge in [-0.3, -0.25) is 14.4 Å². The average Bonchev–Trinajstić information content (AvgIpc) is 2.93. The number of rotatable bonds is 15. The van der Waals surface area contributed by atoms with Crippen molar-refractivity contribution < 1.29 is 57.2 Å². The molecule has 0 aromatic carbocycles. The summed E-state index contributed by atoms with van der Waals surface area (Å²) in [6, 6.07) is 0. The number of nitrogens with one attached hydrogen (secondary N) is 3. The predicted molar refractivity (Wildman–Crippen MR) is 174 cm³/mol. The smallest absolute Gasteiger partial charge is 0.407 e. The van der Waals surface area contributed by atoms with Crippen molar-refractivity contribution in [1.29, 1.82) is 0 Å². The van der Waals surface area contributed by atoms with Crippen molar-refractivity contribution in [3.05, 3.63) is 0 Å². The largest absolute Gasteiger partial charge is 0.465 e. The number of ether oxygens (including phenoxy) is 6. The van der Waals surface area contributed by atoms with Crippen LogP contribution < -0.4 is 16.0 Å². The van der Waals surface area contributed by atoms with E-state index in [-0.39, 0.29) is 58.7 Å². The monoisotopic (exact) mass is 687 g/mol. The molecule has 1 rings (SSSR count). The third-order valence-corrected chi connectivity index (χ3v) is 6.41. The zero-order valence-corrected chi connectivity index (χ0v) is 30.1. The highest BCUT2D eigenvalue weighted by molar-refractivity contribution is 5.80. The molecule has 0 unspecified atom stereocenters. The topological polar surface area (TPSA) is 194 Å². The van der Waals surface area contributed by atoms with E-state index in [1.165, 1.54) is 0 Å². The summed E-state index contributed by atoms with van der Waals surface area (Å²) < 4.78 is 31.8. The van der Waals surface area contributed by atoms with Crippen LogP contribution in [0.5, 0.6) is 0 Å². The number of carbonyl (C=O) groups excluding carboxylic acids is 6. The third-order valence-electron chi connectivity index (χ3n) is 6.41. The molecule has 0 spiro atoms. The molecule has 1 saturated carbocycles. The van der Waals surface area contributed by atoms with Gasteiger partial charge in [0.25, 0.3) is 0 Å². The molecule has 0 atom stereocenters. The molecule has 1 aliphatic rings. The SMILES string of the molecule is CC(C)(C)OC(=O)NCCCOC(=O)[C@H]1C[C@@H](C(=O)OCCCNC(=O)OC(C)(C)C)C[C@@H](C(=O)OCCCNC(=O)OC(C)(C)C)C1. The van der Waals surface area contributed by atoms with Gasteiger partial charge in [-0.1, -0.05) is 0 Å². The first-order valence-corrected chi connectivity index (χ1v) is 16.6. The molecule has 1 aliphatic carbocycles. The average molecular weight is 688 g/mol. The highest BCUT2D eigenvalue weighted by Crippen LogP contribution is 2.36. The van der Waals surface area contributed by atoms with E-state index in [2.05, 4.69) is 16.0 Å². The van der Waals surface area contributed by atoms with Gasteiger partial charge in [-0.15, -0.1) is 0 Å². The van der Waals surface area contributed by atoms with E-state index < -0.39 is 70.7 Å². The summed E-state index contributed by atoms with van der Waals surface area (Å²) in [4.78, 5) is 74.4. The number of hydrogen-bond acceptors (Lipinski definition) is 12. The standard InChI is InChI=1S/C33H57N3O12/c1-31(2,3)46-28(40)34-13-10-16-43-25(37)22-19-23(26(38)44-17-11-14-35-29(41)47-32(4,5)6)21-24(20-22)27(39)45-18-12-15-36-30(42)48-33(7,8)9/h22-24H,10-21H2,1-9H3,(H,34,40)(H,35,41)(H,36,42)/t22-,23+,24-. The lowest BCUT2D eigenvalue weighted by molar-refractivity contribution is -0.161. The van der Waals surface area contributed by atoms with Crippen LogP contribution >= 0.6 is 0 Å². The van der Waals surface area contributed by atoms with E-state index in [1.54, 1.807) is 62.3 Å². The fraction of sp³-hybridized carbons (Fsp3) is 0.818. The van der Waals surface area contributed by atoms with Crippen molar-refractivity contribution in [3.8, 4) is 0 Å². The minimum Gasteiger partial charge on any atom is -0.465 e. The van der Waals surface area contributed by atoms with E-state index in [0.29, 0.717) is 19.3 Å². The van der Waals surface area contributed by atoms with Crippen LogP contribution in [0.25, 0.3) is 0 Å². The van der Waals surface area contributed by atoms with E-state index in [4.69, 9.17) is 28.4 Å². The van der Waals surface area contributed by atoms with Gasteiger partial charge in [-0.2, -0.15) is 0 Å². The maximum Gasteiger partial charge on any atom is 0.407 e. The molecule has 0 heterocycles. The molecule has 15 nitrogen and oxygen atoms in total. The summed E-state index contributed by atoms with van der Waals surface area (Å²) in [5, 5.41) is 7.77. The summed E-state index contributed by atoms with van der Waals surface area (Å²) in [7, 11) is 0. The molecule has 3 N–H and O–H groups in total. The zero-order chi connectivity index (χ0) is 36.5. The van der Waals surface area contributed by atoms with Crippen molar-refractivity contribution in [2.45, 2.75) is 118 Å². The highest BCUT2D eigenvalue weighted by Gasteiger charge is 2.41. The second-order valence-corrected chi connectivity index (χ2v) is 14.6. The molecule has 276 valence electrons. The summed E-state index contributed by atoms with van der Waals surface area (Å²) in [5.74, 6) is -3.96. The van der Waals surface area contributed by atoms with Crippen LogP contribution in [0.3, 0.4) is 0 Å². The summed E-state index contributed by atoms with van der Waals surface area (Å²) in [6.45, 7) is 16.5. The normalized spacial score (nSPS) is 18.1. The Labute approximate surface area is 284 Å². The maximum absolute atomic E-state index is 13.0. The third kappa shape index (κ3) is 20.5. The maximum atomic E-state index is 13.0. The fourth-order valence-corrected chi connectivity index (χ4v) is 4.50. The number of carbonyl (C=O) groups is 6. The van der Waals surface area contributed by atoms with Gasteiger partial charge >= 0.3 is 36.2 Å². The Morgan fingerprint density at radius 1 is 0.458 bits per heavy atom. The van der Waals surface area contributed by atoms with Gasteiger partial charge in [0.05, 0.1) is 37.6 Å². The highest BCUT2D eigenvalue weighted by atomic mass is 16.6. The van der Waals surface area contributed by atoms with Crippen LogP contribution in [0.15, 0.2) is 0 Å². The van der Waals surface area contributed by atoms with E-state index in [1.807, 2.05) is 0 Å². The van der Waals surface area contributed by atoms with Crippen molar-refractivity contribution >= 4 is 36.2 Å². The second-order valence-electron chi connectivity index (χ2n) is 14.6. The molecular weight excluding hydrogens is 630 g/mol. The lowest BCUT2D eigenvalue weighted by Crippen LogP contribution is -2.38. The van der Waals surface area contributed by atoms with Gasteiger partial charge in [0, 0.05) is 19.6 Å². The number of hydrogen-bond donors (Lipinski definition) is 3. The Kier molecular flexibility index (Phi) is 17.5. The molecule has 0 saturated heterocycles. The molecule has 48 heavy (non-hydrogen) atoms. The number of alkyl carbamates (subject to hydrolysis) is 3. The van der Waals surface area contributed by atoms with Crippen LogP contribution in [0.2, 0.25) is 0 Å². The minimum absolute atomic E-state index is 0.0185. The summed E-state index contributed by atoms with van der Waals surface area (Å²) in [6.07, 6.45) is -0.329. The first-order valence-electron chi connectivity index (χ1n) is 16.6. The molecule has 0 radical (unpaired) electrons. The van der Waals surface area contributed by atoms with Gasteiger partial charge in [-0.05, 0) is 101 Å². The zero-order valence-electron chi connectivity index (χ0n) is 30.1. The van der Waals surface area contributed by atoms with Gasteiger partial charge in [0.1, 0.15) is 16.8 Å². The first-order chi connectivity index (χ1) is 22.1. The van der Waals surface area contributed by atoms with Crippen molar-refractivity contribution in [2.24, 2.45) is 17.8 Å². The summed E-state index contributed by atoms with van der Waals surface area (Å²) in [5.41, 5.74) is -1.91. The Hall–Kier alpha value is -3.78. The van der Waals surface area contributed by atoms with Crippen LogP contribution in [-0.4, -0.2) is 92.4 Å². The van der Waals surface area contributed by atoms with E-state index in [0.717, 1.165) is 0 Å². The Balaban J connectivity index is 2.67. The van der Waals surface area contributed by atoms with Gasteiger partial charge < -0.3 is 44.4 Å². The molecule has 0 aromatic heterocycles.